The number of halogens is 2. The predicted molar refractivity (Wildman–Crippen MR) is 160 cm³/mol. The number of methoxy groups -OCH3 is 2. The Bertz CT molecular complexity index is 1470. The number of carbonyl (C=O) groups is 4. The lowest BCUT2D eigenvalue weighted by Gasteiger charge is -2.32. The van der Waals surface area contributed by atoms with Crippen LogP contribution in [0.4, 0.5) is 0 Å². The zero-order valence-electron chi connectivity index (χ0n) is 24.4. The van der Waals surface area contributed by atoms with E-state index in [9.17, 15) is 19.2 Å². The van der Waals surface area contributed by atoms with Crippen LogP contribution in [0.25, 0.3) is 0 Å². The third kappa shape index (κ3) is 6.98. The molecule has 0 radical (unpaired) electrons. The van der Waals surface area contributed by atoms with Gasteiger partial charge >= 0.3 is 11.9 Å². The van der Waals surface area contributed by atoms with Crippen LogP contribution in [0.1, 0.15) is 39.1 Å². The number of benzene rings is 2. The van der Waals surface area contributed by atoms with E-state index in [-0.39, 0.29) is 79.2 Å². The first-order valence-corrected chi connectivity index (χ1v) is 14.5. The molecule has 1 atom stereocenters. The highest BCUT2D eigenvalue weighted by atomic mass is 35.5. The molecule has 2 aliphatic heterocycles. The number of nitrogens with zero attached hydrogens (tertiary/aromatic N) is 1. The maximum absolute atomic E-state index is 13.4. The summed E-state index contributed by atoms with van der Waals surface area (Å²) in [6, 6.07) is 11.6. The van der Waals surface area contributed by atoms with Crippen molar-refractivity contribution in [3.63, 3.8) is 0 Å². The van der Waals surface area contributed by atoms with Crippen LogP contribution in [0.2, 0.25) is 10.0 Å². The second kappa shape index (κ2) is 15.3. The van der Waals surface area contributed by atoms with Crippen molar-refractivity contribution in [2.24, 2.45) is 0 Å². The van der Waals surface area contributed by atoms with Crippen LogP contribution in [0.3, 0.4) is 0 Å². The Balaban J connectivity index is 1.49. The topological polar surface area (TPSA) is 130 Å². The molecular weight excluding hydrogens is 615 g/mol. The number of amides is 2. The molecule has 0 fully saturated rings. The summed E-state index contributed by atoms with van der Waals surface area (Å²) in [5, 5.41) is 3.51. The van der Waals surface area contributed by atoms with Crippen LogP contribution in [-0.2, 0) is 33.3 Å². The molecule has 0 saturated heterocycles. The lowest BCUT2D eigenvalue weighted by atomic mass is 9.80. The average Bonchev–Trinajstić information content (AvgIpc) is 3.26. The fraction of sp³-hybridized carbons (Fsp3) is 0.355. The molecule has 44 heavy (non-hydrogen) atoms. The van der Waals surface area contributed by atoms with E-state index in [4.69, 9.17) is 46.9 Å². The third-order valence-electron chi connectivity index (χ3n) is 6.97. The molecule has 11 nitrogen and oxygen atoms in total. The van der Waals surface area contributed by atoms with Crippen LogP contribution in [0.15, 0.2) is 65.0 Å². The van der Waals surface area contributed by atoms with Gasteiger partial charge in [-0.15, -0.1) is 0 Å². The number of hydrogen-bond acceptors (Lipinski definition) is 10. The molecule has 0 spiro atoms. The number of dihydropyridines is 1. The Kier molecular flexibility index (Phi) is 11.5. The average molecular weight is 648 g/mol. The first-order chi connectivity index (χ1) is 21.2. The molecule has 2 aliphatic rings. The van der Waals surface area contributed by atoms with Crippen molar-refractivity contribution in [3.8, 4) is 0 Å². The van der Waals surface area contributed by atoms with Crippen LogP contribution in [0.5, 0.6) is 0 Å². The van der Waals surface area contributed by atoms with Crippen LogP contribution in [-0.4, -0.2) is 89.1 Å². The van der Waals surface area contributed by atoms with E-state index in [1.165, 1.54) is 14.2 Å². The highest BCUT2D eigenvalue weighted by Gasteiger charge is 2.41. The number of ether oxygens (including phenoxy) is 5. The first-order valence-electron chi connectivity index (χ1n) is 13.8. The summed E-state index contributed by atoms with van der Waals surface area (Å²) < 4.78 is 27.3. The number of esters is 2. The van der Waals surface area contributed by atoms with Gasteiger partial charge in [-0.3, -0.25) is 14.5 Å². The summed E-state index contributed by atoms with van der Waals surface area (Å²) in [6.07, 6.45) is 0. The van der Waals surface area contributed by atoms with Gasteiger partial charge in [-0.25, -0.2) is 9.59 Å². The van der Waals surface area contributed by atoms with E-state index in [1.54, 1.807) is 49.4 Å². The fourth-order valence-corrected chi connectivity index (χ4v) is 5.45. The molecule has 2 aromatic rings. The molecular formula is C31H32Cl2N2O9. The zero-order chi connectivity index (χ0) is 31.8. The van der Waals surface area contributed by atoms with E-state index in [0.29, 0.717) is 28.1 Å². The summed E-state index contributed by atoms with van der Waals surface area (Å²) >= 11 is 12.9. The standard InChI is InChI=1S/C31H32Cl2N2O9/c1-4-44-31(39)26-23(17-43-15-14-42-13-12-35-28(36)18-8-5-6-9-19(18)29(35)37)34-22(16-40-2)25(30(38)41-3)24(26)20-10-7-11-21(32)27(20)33/h5-11,24,34H,4,12-17H2,1-3H3/t24-/m0/s1. The zero-order valence-corrected chi connectivity index (χ0v) is 26.0. The highest BCUT2D eigenvalue weighted by molar-refractivity contribution is 6.42. The summed E-state index contributed by atoms with van der Waals surface area (Å²) in [4.78, 5) is 52.7. The van der Waals surface area contributed by atoms with Crippen LogP contribution < -0.4 is 5.32 Å². The molecule has 4 rings (SSSR count). The molecule has 0 aromatic heterocycles. The van der Waals surface area contributed by atoms with Gasteiger partial charge in [0, 0.05) is 7.11 Å². The number of rotatable bonds is 14. The van der Waals surface area contributed by atoms with Gasteiger partial charge in [0.05, 0.1) is 103 Å². The first kappa shape index (κ1) is 33.2. The molecule has 0 aliphatic carbocycles. The minimum absolute atomic E-state index is 0.0142. The van der Waals surface area contributed by atoms with Crippen molar-refractivity contribution in [2.45, 2.75) is 12.8 Å². The van der Waals surface area contributed by atoms with Gasteiger partial charge in [-0.2, -0.15) is 0 Å². The highest BCUT2D eigenvalue weighted by Crippen LogP contribution is 2.43. The predicted octanol–water partition coefficient (Wildman–Crippen LogP) is 3.90. The normalized spacial score (nSPS) is 16.3. The van der Waals surface area contributed by atoms with Gasteiger partial charge in [-0.05, 0) is 30.7 Å². The molecule has 0 bridgehead atoms. The van der Waals surface area contributed by atoms with Crippen molar-refractivity contribution in [2.75, 3.05) is 60.4 Å². The van der Waals surface area contributed by atoms with E-state index < -0.39 is 17.9 Å². The van der Waals surface area contributed by atoms with Gasteiger partial charge in [-0.1, -0.05) is 47.5 Å². The van der Waals surface area contributed by atoms with Crippen molar-refractivity contribution < 1.29 is 42.9 Å². The number of carbonyl (C=O) groups excluding carboxylic acids is 4. The van der Waals surface area contributed by atoms with Gasteiger partial charge in [0.15, 0.2) is 0 Å². The Morgan fingerprint density at radius 2 is 1.48 bits per heavy atom. The van der Waals surface area contributed by atoms with E-state index in [2.05, 4.69) is 5.32 Å². The lowest BCUT2D eigenvalue weighted by Crippen LogP contribution is -2.37. The van der Waals surface area contributed by atoms with Gasteiger partial charge in [0.25, 0.3) is 11.8 Å². The van der Waals surface area contributed by atoms with Crippen LogP contribution >= 0.6 is 23.2 Å². The largest absolute Gasteiger partial charge is 0.466 e. The maximum atomic E-state index is 13.4. The molecule has 13 heteroatoms. The summed E-state index contributed by atoms with van der Waals surface area (Å²) in [5.41, 5.74) is 2.04. The van der Waals surface area contributed by atoms with Crippen molar-refractivity contribution in [1.82, 2.24) is 10.2 Å². The smallest absolute Gasteiger partial charge is 0.336 e. The quantitative estimate of drug-likeness (QED) is 0.183. The van der Waals surface area contributed by atoms with Crippen LogP contribution in [0, 0.1) is 0 Å². The molecule has 2 amide bonds. The molecule has 2 aromatic carbocycles. The Morgan fingerprint density at radius 1 is 0.841 bits per heavy atom. The molecule has 1 N–H and O–H groups in total. The second-order valence-corrected chi connectivity index (χ2v) is 10.4. The molecule has 234 valence electrons. The number of imide groups is 1. The van der Waals surface area contributed by atoms with Gasteiger partial charge in [0.2, 0.25) is 0 Å². The second-order valence-electron chi connectivity index (χ2n) is 9.60. The summed E-state index contributed by atoms with van der Waals surface area (Å²) in [7, 11) is 2.70. The lowest BCUT2D eigenvalue weighted by molar-refractivity contribution is -0.139. The number of hydrogen-bond donors (Lipinski definition) is 1. The van der Waals surface area contributed by atoms with E-state index >= 15 is 0 Å². The van der Waals surface area contributed by atoms with E-state index in [1.807, 2.05) is 0 Å². The van der Waals surface area contributed by atoms with Crippen molar-refractivity contribution in [3.05, 3.63) is 91.7 Å². The monoisotopic (exact) mass is 646 g/mol. The summed E-state index contributed by atoms with van der Waals surface area (Å²) in [5.74, 6) is -3.09. The minimum Gasteiger partial charge on any atom is -0.466 e. The SMILES string of the molecule is CCOC(=O)C1=C(COCCOCCN2C(=O)c3ccccc3C2=O)NC(COC)=C(C(=O)OC)[C@@H]1c1cccc(Cl)c1Cl. The summed E-state index contributed by atoms with van der Waals surface area (Å²) in [6.45, 7) is 2.10. The number of nitrogens with one attached hydrogen (secondary N) is 1. The van der Waals surface area contributed by atoms with Gasteiger partial charge < -0.3 is 29.0 Å². The minimum atomic E-state index is -1.01. The molecule has 0 saturated carbocycles. The Labute approximate surface area is 264 Å². The maximum Gasteiger partial charge on any atom is 0.336 e. The molecule has 2 heterocycles. The van der Waals surface area contributed by atoms with E-state index in [0.717, 1.165) is 4.90 Å². The molecule has 0 unspecified atom stereocenters. The Hall–Kier alpha value is -3.74. The van der Waals surface area contributed by atoms with Crippen molar-refractivity contribution >= 4 is 47.0 Å². The van der Waals surface area contributed by atoms with Crippen molar-refractivity contribution in [1.29, 1.82) is 0 Å². The Morgan fingerprint density at radius 3 is 2.11 bits per heavy atom. The fourth-order valence-electron chi connectivity index (χ4n) is 5.03. The van der Waals surface area contributed by atoms with Gasteiger partial charge in [0.1, 0.15) is 0 Å². The number of fused-ring (bicyclic) bond motifs is 1. The third-order valence-corrected chi connectivity index (χ3v) is 7.80.